The molecule has 1 saturated heterocycles. The van der Waals surface area contributed by atoms with Crippen LogP contribution in [-0.2, 0) is 13.6 Å². The van der Waals surface area contributed by atoms with Crippen molar-refractivity contribution in [3.8, 4) is 0 Å². The third kappa shape index (κ3) is 2.89. The number of nitrogens with one attached hydrogen (secondary N) is 1. The highest BCUT2D eigenvalue weighted by Crippen LogP contribution is 2.20. The Hall–Kier alpha value is -1.97. The molecule has 1 aliphatic heterocycles. The molecule has 0 unspecified atom stereocenters. The van der Waals surface area contributed by atoms with E-state index in [1.54, 1.807) is 4.68 Å². The van der Waals surface area contributed by atoms with E-state index in [2.05, 4.69) is 39.6 Å². The van der Waals surface area contributed by atoms with Crippen LogP contribution in [0.3, 0.4) is 0 Å². The molecule has 0 bridgehead atoms. The predicted octanol–water partition coefficient (Wildman–Crippen LogP) is 2.63. The van der Waals surface area contributed by atoms with E-state index in [4.69, 9.17) is 0 Å². The number of nitrogens with zero attached hydrogens (tertiary/aromatic N) is 3. The highest BCUT2D eigenvalue weighted by Gasteiger charge is 2.11. The van der Waals surface area contributed by atoms with Gasteiger partial charge in [-0.25, -0.2) is 0 Å². The molecule has 19 heavy (non-hydrogen) atoms. The molecule has 1 N–H and O–H groups in total. The monoisotopic (exact) mass is 256 g/mol. The van der Waals surface area contributed by atoms with Crippen molar-refractivity contribution in [1.29, 1.82) is 0 Å². The summed E-state index contributed by atoms with van der Waals surface area (Å²) in [5.41, 5.74) is 2.63. The van der Waals surface area contributed by atoms with Crippen molar-refractivity contribution < 1.29 is 0 Å². The van der Waals surface area contributed by atoms with Crippen molar-refractivity contribution in [1.82, 2.24) is 9.78 Å². The minimum atomic E-state index is 0.817. The number of aryl methyl sites for hydroxylation is 1. The van der Waals surface area contributed by atoms with Crippen LogP contribution in [0.5, 0.6) is 0 Å². The zero-order valence-electron chi connectivity index (χ0n) is 11.3. The predicted molar refractivity (Wildman–Crippen MR) is 78.4 cm³/mol. The Balaban J connectivity index is 1.59. The normalized spacial score (nSPS) is 14.9. The number of anilines is 2. The standard InChI is InChI=1S/C15H20N4/c1-18-11-8-15(17-18)16-12-13-4-6-14(7-5-13)19-9-2-3-10-19/h4-8,11H,2-3,9-10,12H2,1H3,(H,16,17). The van der Waals surface area contributed by atoms with Crippen LogP contribution >= 0.6 is 0 Å². The lowest BCUT2D eigenvalue weighted by atomic mass is 10.2. The highest BCUT2D eigenvalue weighted by atomic mass is 15.3. The molecule has 1 aliphatic rings. The largest absolute Gasteiger partial charge is 0.372 e. The van der Waals surface area contributed by atoms with Crippen molar-refractivity contribution in [3.05, 3.63) is 42.1 Å². The summed E-state index contributed by atoms with van der Waals surface area (Å²) in [5.74, 6) is 0.922. The summed E-state index contributed by atoms with van der Waals surface area (Å²) < 4.78 is 1.80. The van der Waals surface area contributed by atoms with Crippen LogP contribution in [0.2, 0.25) is 0 Å². The van der Waals surface area contributed by atoms with Gasteiger partial charge in [0.05, 0.1) is 0 Å². The first kappa shape index (κ1) is 12.1. The van der Waals surface area contributed by atoms with Gasteiger partial charge >= 0.3 is 0 Å². The topological polar surface area (TPSA) is 33.1 Å². The minimum Gasteiger partial charge on any atom is -0.372 e. The van der Waals surface area contributed by atoms with Gasteiger partial charge in [0.1, 0.15) is 5.82 Å². The summed E-state index contributed by atoms with van der Waals surface area (Å²) in [5, 5.41) is 7.63. The number of benzene rings is 1. The Morgan fingerprint density at radius 1 is 1.11 bits per heavy atom. The van der Waals surface area contributed by atoms with E-state index in [-0.39, 0.29) is 0 Å². The molecular formula is C15H20N4. The molecule has 1 fully saturated rings. The van der Waals surface area contributed by atoms with E-state index in [0.29, 0.717) is 0 Å². The van der Waals surface area contributed by atoms with Crippen molar-refractivity contribution in [2.24, 2.45) is 7.05 Å². The third-order valence-corrected chi connectivity index (χ3v) is 3.59. The maximum atomic E-state index is 4.30. The fourth-order valence-electron chi connectivity index (χ4n) is 2.50. The fraction of sp³-hybridized carbons (Fsp3) is 0.400. The van der Waals surface area contributed by atoms with E-state index in [9.17, 15) is 0 Å². The van der Waals surface area contributed by atoms with Gasteiger partial charge in [-0.15, -0.1) is 0 Å². The molecule has 0 radical (unpaired) electrons. The summed E-state index contributed by atoms with van der Waals surface area (Å²) in [4.78, 5) is 2.45. The van der Waals surface area contributed by atoms with Gasteiger partial charge in [0.15, 0.2) is 0 Å². The van der Waals surface area contributed by atoms with Gasteiger partial charge < -0.3 is 10.2 Å². The van der Waals surface area contributed by atoms with Gasteiger partial charge in [-0.05, 0) is 30.5 Å². The molecule has 2 aromatic rings. The van der Waals surface area contributed by atoms with Gasteiger partial charge in [0.25, 0.3) is 0 Å². The second kappa shape index (κ2) is 5.34. The van der Waals surface area contributed by atoms with Gasteiger partial charge in [-0.2, -0.15) is 5.10 Å². The first-order chi connectivity index (χ1) is 9.31. The lowest BCUT2D eigenvalue weighted by molar-refractivity contribution is 0.768. The SMILES string of the molecule is Cn1ccc(NCc2ccc(N3CCCC3)cc2)n1. The second-order valence-electron chi connectivity index (χ2n) is 5.09. The first-order valence-electron chi connectivity index (χ1n) is 6.89. The Labute approximate surface area is 114 Å². The molecule has 4 nitrogen and oxygen atoms in total. The average molecular weight is 256 g/mol. The van der Waals surface area contributed by atoms with Crippen LogP contribution in [0.15, 0.2) is 36.5 Å². The Morgan fingerprint density at radius 2 is 1.84 bits per heavy atom. The Bertz CT molecular complexity index is 523. The van der Waals surface area contributed by atoms with Crippen molar-refractivity contribution >= 4 is 11.5 Å². The van der Waals surface area contributed by atoms with Gasteiger partial charge in [-0.1, -0.05) is 12.1 Å². The lowest BCUT2D eigenvalue weighted by Crippen LogP contribution is -2.17. The van der Waals surface area contributed by atoms with Crippen LogP contribution < -0.4 is 10.2 Å². The molecule has 1 aromatic carbocycles. The number of hydrogen-bond acceptors (Lipinski definition) is 3. The van der Waals surface area contributed by atoms with E-state index in [1.165, 1.54) is 37.2 Å². The molecule has 0 saturated carbocycles. The van der Waals surface area contributed by atoms with E-state index < -0.39 is 0 Å². The zero-order valence-corrected chi connectivity index (χ0v) is 11.3. The minimum absolute atomic E-state index is 0.817. The molecule has 3 rings (SSSR count). The van der Waals surface area contributed by atoms with E-state index in [1.807, 2.05) is 19.3 Å². The number of aromatic nitrogens is 2. The van der Waals surface area contributed by atoms with Gasteiger partial charge in [0, 0.05) is 44.6 Å². The Morgan fingerprint density at radius 3 is 2.47 bits per heavy atom. The van der Waals surface area contributed by atoms with Crippen molar-refractivity contribution in [2.45, 2.75) is 19.4 Å². The molecule has 0 atom stereocenters. The van der Waals surface area contributed by atoms with Crippen molar-refractivity contribution in [3.63, 3.8) is 0 Å². The number of hydrogen-bond donors (Lipinski definition) is 1. The van der Waals surface area contributed by atoms with Crippen LogP contribution in [0.25, 0.3) is 0 Å². The first-order valence-corrected chi connectivity index (χ1v) is 6.89. The summed E-state index contributed by atoms with van der Waals surface area (Å²) in [7, 11) is 1.93. The lowest BCUT2D eigenvalue weighted by Gasteiger charge is -2.17. The second-order valence-corrected chi connectivity index (χ2v) is 5.09. The highest BCUT2D eigenvalue weighted by molar-refractivity contribution is 5.48. The smallest absolute Gasteiger partial charge is 0.148 e. The molecule has 0 amide bonds. The zero-order chi connectivity index (χ0) is 13.1. The average Bonchev–Trinajstić information content (AvgIpc) is 3.08. The van der Waals surface area contributed by atoms with Crippen LogP contribution in [0.4, 0.5) is 11.5 Å². The number of rotatable bonds is 4. The quantitative estimate of drug-likeness (QED) is 0.913. The summed E-state index contributed by atoms with van der Waals surface area (Å²) in [6, 6.07) is 10.8. The molecule has 100 valence electrons. The van der Waals surface area contributed by atoms with E-state index in [0.717, 1.165) is 12.4 Å². The summed E-state index contributed by atoms with van der Waals surface area (Å²) in [6.45, 7) is 3.22. The Kier molecular flexibility index (Phi) is 3.40. The third-order valence-electron chi connectivity index (χ3n) is 3.59. The molecule has 2 heterocycles. The van der Waals surface area contributed by atoms with Crippen LogP contribution in [0.1, 0.15) is 18.4 Å². The maximum Gasteiger partial charge on any atom is 0.148 e. The van der Waals surface area contributed by atoms with Gasteiger partial charge in [-0.3, -0.25) is 4.68 Å². The summed E-state index contributed by atoms with van der Waals surface area (Å²) in [6.07, 6.45) is 4.59. The van der Waals surface area contributed by atoms with Gasteiger partial charge in [0.2, 0.25) is 0 Å². The molecule has 0 spiro atoms. The molecule has 4 heteroatoms. The fourth-order valence-corrected chi connectivity index (χ4v) is 2.50. The van der Waals surface area contributed by atoms with Crippen LogP contribution in [0, 0.1) is 0 Å². The molecule has 1 aromatic heterocycles. The van der Waals surface area contributed by atoms with E-state index >= 15 is 0 Å². The van der Waals surface area contributed by atoms with Crippen LogP contribution in [-0.4, -0.2) is 22.9 Å². The van der Waals surface area contributed by atoms with Crippen molar-refractivity contribution in [2.75, 3.05) is 23.3 Å². The molecule has 0 aliphatic carbocycles. The maximum absolute atomic E-state index is 4.30. The molecular weight excluding hydrogens is 236 g/mol. The summed E-state index contributed by atoms with van der Waals surface area (Å²) >= 11 is 0.